The Bertz CT molecular complexity index is 250. The van der Waals surface area contributed by atoms with Crippen LogP contribution in [0.15, 0.2) is 0 Å². The summed E-state index contributed by atoms with van der Waals surface area (Å²) in [5, 5.41) is 0. The summed E-state index contributed by atoms with van der Waals surface area (Å²) in [4.78, 5) is 11.8. The van der Waals surface area contributed by atoms with E-state index in [4.69, 9.17) is 4.74 Å². The van der Waals surface area contributed by atoms with Crippen LogP contribution >= 0.6 is 22.6 Å². The summed E-state index contributed by atoms with van der Waals surface area (Å²) >= 11 is 2.34. The molecule has 4 rings (SSSR count). The standard InChI is InChI=1S/C10H13IO2/c11-10-4-6-1-7(5-10)3-8(2-6)13-9(10)12/h6-8H,1-5H2. The average molecular weight is 292 g/mol. The van der Waals surface area contributed by atoms with E-state index < -0.39 is 0 Å². The van der Waals surface area contributed by atoms with Gasteiger partial charge in [-0.25, -0.2) is 0 Å². The zero-order valence-electron chi connectivity index (χ0n) is 7.46. The van der Waals surface area contributed by atoms with Gasteiger partial charge < -0.3 is 4.74 Å². The average Bonchev–Trinajstić information content (AvgIpc) is 2.12. The molecule has 13 heavy (non-hydrogen) atoms. The summed E-state index contributed by atoms with van der Waals surface area (Å²) in [7, 11) is 0. The van der Waals surface area contributed by atoms with E-state index in [1.54, 1.807) is 0 Å². The molecule has 2 atom stereocenters. The van der Waals surface area contributed by atoms with Crippen LogP contribution in [0.3, 0.4) is 0 Å². The minimum Gasteiger partial charge on any atom is -0.461 e. The fourth-order valence-electron chi connectivity index (χ4n) is 3.36. The van der Waals surface area contributed by atoms with Crippen molar-refractivity contribution in [3.05, 3.63) is 0 Å². The summed E-state index contributed by atoms with van der Waals surface area (Å²) in [6.45, 7) is 0. The SMILES string of the molecule is O=C1OC2CC3CC(C2)CC1(I)C3. The summed E-state index contributed by atoms with van der Waals surface area (Å²) in [6, 6.07) is 0. The first kappa shape index (κ1) is 8.50. The lowest BCUT2D eigenvalue weighted by Crippen LogP contribution is -2.39. The fourth-order valence-corrected chi connectivity index (χ4v) is 4.73. The topological polar surface area (TPSA) is 26.3 Å². The van der Waals surface area contributed by atoms with Crippen LogP contribution in [0.1, 0.15) is 32.1 Å². The van der Waals surface area contributed by atoms with E-state index >= 15 is 0 Å². The molecule has 2 nitrogen and oxygen atoms in total. The normalized spacial score (nSPS) is 53.3. The fraction of sp³-hybridized carbons (Fsp3) is 0.900. The van der Waals surface area contributed by atoms with Crippen molar-refractivity contribution in [1.82, 2.24) is 0 Å². The maximum absolute atomic E-state index is 11.8. The molecule has 2 aliphatic carbocycles. The van der Waals surface area contributed by atoms with Crippen LogP contribution in [-0.2, 0) is 9.53 Å². The Morgan fingerprint density at radius 1 is 1.23 bits per heavy atom. The summed E-state index contributed by atoms with van der Waals surface area (Å²) < 4.78 is 5.34. The van der Waals surface area contributed by atoms with E-state index in [0.29, 0.717) is 0 Å². The predicted molar refractivity (Wildman–Crippen MR) is 56.7 cm³/mol. The molecule has 3 heteroatoms. The van der Waals surface area contributed by atoms with Gasteiger partial charge in [0.1, 0.15) is 9.53 Å². The number of fused-ring (bicyclic) bond motifs is 1. The summed E-state index contributed by atoms with van der Waals surface area (Å²) in [5.41, 5.74) is 0. The molecular weight excluding hydrogens is 279 g/mol. The molecule has 4 bridgehead atoms. The molecule has 72 valence electrons. The van der Waals surface area contributed by atoms with Crippen molar-refractivity contribution in [3.63, 3.8) is 0 Å². The van der Waals surface area contributed by atoms with Crippen LogP contribution in [0, 0.1) is 11.8 Å². The number of ether oxygens (including phenoxy) is 1. The van der Waals surface area contributed by atoms with Crippen LogP contribution < -0.4 is 0 Å². The minimum atomic E-state index is -0.156. The number of hydrogen-bond donors (Lipinski definition) is 0. The van der Waals surface area contributed by atoms with Gasteiger partial charge in [-0.1, -0.05) is 22.6 Å². The number of alkyl halides is 1. The van der Waals surface area contributed by atoms with Gasteiger partial charge >= 0.3 is 5.97 Å². The first-order valence-electron chi connectivity index (χ1n) is 5.06. The van der Waals surface area contributed by atoms with Crippen LogP contribution in [0.25, 0.3) is 0 Å². The van der Waals surface area contributed by atoms with Crippen LogP contribution in [0.5, 0.6) is 0 Å². The maximum atomic E-state index is 11.8. The van der Waals surface area contributed by atoms with E-state index in [2.05, 4.69) is 22.6 Å². The third-order valence-corrected chi connectivity index (χ3v) is 5.04. The lowest BCUT2D eigenvalue weighted by molar-refractivity contribution is -0.149. The highest BCUT2D eigenvalue weighted by molar-refractivity contribution is 14.1. The molecule has 2 saturated carbocycles. The van der Waals surface area contributed by atoms with Gasteiger partial charge in [0.15, 0.2) is 0 Å². The highest BCUT2D eigenvalue weighted by Crippen LogP contribution is 2.52. The van der Waals surface area contributed by atoms with Gasteiger partial charge in [-0.2, -0.15) is 0 Å². The lowest BCUT2D eigenvalue weighted by atomic mass is 9.68. The Kier molecular flexibility index (Phi) is 1.71. The molecular formula is C10H13IO2. The van der Waals surface area contributed by atoms with Crippen LogP contribution in [0.2, 0.25) is 0 Å². The zero-order chi connectivity index (χ0) is 9.05. The maximum Gasteiger partial charge on any atom is 0.322 e. The highest BCUT2D eigenvalue weighted by atomic mass is 127. The van der Waals surface area contributed by atoms with Gasteiger partial charge in [0.2, 0.25) is 0 Å². The first-order chi connectivity index (χ1) is 6.16. The van der Waals surface area contributed by atoms with E-state index in [1.165, 1.54) is 6.42 Å². The van der Waals surface area contributed by atoms with Gasteiger partial charge in [0, 0.05) is 0 Å². The Balaban J connectivity index is 2.02. The zero-order valence-corrected chi connectivity index (χ0v) is 9.62. The third kappa shape index (κ3) is 1.22. The van der Waals surface area contributed by atoms with E-state index in [-0.39, 0.29) is 15.5 Å². The second-order valence-corrected chi connectivity index (χ2v) is 6.90. The van der Waals surface area contributed by atoms with E-state index in [1.807, 2.05) is 0 Å². The van der Waals surface area contributed by atoms with Crippen molar-refractivity contribution in [1.29, 1.82) is 0 Å². The molecule has 0 aromatic rings. The largest absolute Gasteiger partial charge is 0.461 e. The molecule has 2 aliphatic heterocycles. The molecule has 0 aromatic carbocycles. The third-order valence-electron chi connectivity index (χ3n) is 3.72. The van der Waals surface area contributed by atoms with Crippen molar-refractivity contribution in [2.75, 3.05) is 0 Å². The monoisotopic (exact) mass is 292 g/mol. The summed E-state index contributed by atoms with van der Waals surface area (Å²) in [5.74, 6) is 1.60. The smallest absolute Gasteiger partial charge is 0.322 e. The Labute approximate surface area is 91.5 Å². The molecule has 0 spiro atoms. The first-order valence-corrected chi connectivity index (χ1v) is 6.13. The van der Waals surface area contributed by atoms with E-state index in [9.17, 15) is 4.79 Å². The Morgan fingerprint density at radius 2 is 1.85 bits per heavy atom. The molecule has 2 unspecified atom stereocenters. The number of rotatable bonds is 0. The number of esters is 1. The lowest BCUT2D eigenvalue weighted by Gasteiger charge is -2.39. The molecule has 4 aliphatic rings. The second-order valence-electron chi connectivity index (χ2n) is 4.84. The quantitative estimate of drug-likeness (QED) is 0.389. The molecule has 2 saturated heterocycles. The minimum absolute atomic E-state index is 0.0720. The molecule has 0 radical (unpaired) electrons. The number of hydrogen-bond acceptors (Lipinski definition) is 2. The van der Waals surface area contributed by atoms with Gasteiger partial charge in [-0.3, -0.25) is 4.79 Å². The second kappa shape index (κ2) is 2.61. The number of carbonyl (C=O) groups excluding carboxylic acids is 1. The molecule has 0 amide bonds. The van der Waals surface area contributed by atoms with Gasteiger partial charge in [0.05, 0.1) is 0 Å². The van der Waals surface area contributed by atoms with Crippen molar-refractivity contribution < 1.29 is 9.53 Å². The Hall–Kier alpha value is 0.200. The molecule has 2 heterocycles. The van der Waals surface area contributed by atoms with Gasteiger partial charge in [-0.05, 0) is 43.9 Å². The van der Waals surface area contributed by atoms with Crippen LogP contribution in [0.4, 0.5) is 0 Å². The van der Waals surface area contributed by atoms with Crippen molar-refractivity contribution in [2.24, 2.45) is 11.8 Å². The number of carbonyl (C=O) groups is 1. The number of halogens is 1. The van der Waals surface area contributed by atoms with Crippen molar-refractivity contribution in [2.45, 2.75) is 41.6 Å². The highest BCUT2D eigenvalue weighted by Gasteiger charge is 2.52. The van der Waals surface area contributed by atoms with Gasteiger partial charge in [0.25, 0.3) is 0 Å². The van der Waals surface area contributed by atoms with E-state index in [0.717, 1.165) is 37.5 Å². The summed E-state index contributed by atoms with van der Waals surface area (Å²) in [6.07, 6.45) is 6.01. The van der Waals surface area contributed by atoms with Gasteiger partial charge in [-0.15, -0.1) is 0 Å². The molecule has 0 N–H and O–H groups in total. The molecule has 0 aromatic heterocycles. The van der Waals surface area contributed by atoms with Crippen molar-refractivity contribution >= 4 is 28.6 Å². The van der Waals surface area contributed by atoms with Crippen molar-refractivity contribution in [3.8, 4) is 0 Å². The molecule has 4 fully saturated rings. The van der Waals surface area contributed by atoms with Crippen LogP contribution in [-0.4, -0.2) is 15.5 Å². The predicted octanol–water partition coefficient (Wildman–Crippen LogP) is 2.30. The Morgan fingerprint density at radius 3 is 2.46 bits per heavy atom.